The normalized spacial score (nSPS) is 13.2. The molecule has 0 spiro atoms. The summed E-state index contributed by atoms with van der Waals surface area (Å²) in [5, 5.41) is 0. The fraction of sp³-hybridized carbons (Fsp3) is 1.00. The number of hydrogen-bond donors (Lipinski definition) is 2. The Bertz CT molecular complexity index is 332. The van der Waals surface area contributed by atoms with Gasteiger partial charge < -0.3 is 9.79 Å². The summed E-state index contributed by atoms with van der Waals surface area (Å²) in [7, 11) is -4.53. The van der Waals surface area contributed by atoms with Crippen LogP contribution in [0.3, 0.4) is 0 Å². The largest absolute Gasteiger partial charge is 0.496 e. The van der Waals surface area contributed by atoms with Crippen molar-refractivity contribution in [1.29, 1.82) is 0 Å². The fourth-order valence-corrected chi connectivity index (χ4v) is 3.41. The Morgan fingerprint density at radius 1 is 0.692 bits per heavy atom. The summed E-state index contributed by atoms with van der Waals surface area (Å²) < 4.78 is 14.7. The van der Waals surface area contributed by atoms with Gasteiger partial charge in [0.1, 0.15) is 0 Å². The van der Waals surface area contributed by atoms with Gasteiger partial charge in [0.15, 0.2) is 0 Å². The summed E-state index contributed by atoms with van der Waals surface area (Å²) in [6.45, 7) is 4.19. The second kappa shape index (κ2) is 18.4. The molecule has 0 aliphatic rings. The van der Waals surface area contributed by atoms with E-state index in [1.807, 2.05) is 6.92 Å². The van der Waals surface area contributed by atoms with Crippen molar-refractivity contribution in [3.8, 4) is 0 Å². The lowest BCUT2D eigenvalue weighted by Crippen LogP contribution is -2.11. The van der Waals surface area contributed by atoms with Crippen molar-refractivity contribution in [2.24, 2.45) is 0 Å². The van der Waals surface area contributed by atoms with E-state index in [1.54, 1.807) is 0 Å². The minimum atomic E-state index is -4.53. The topological polar surface area (TPSA) is 76.0 Å². The maximum atomic E-state index is 10.6. The average molecular weight is 395 g/mol. The number of phosphoric acid groups is 1. The van der Waals surface area contributed by atoms with Crippen LogP contribution in [0.1, 0.15) is 123 Å². The van der Waals surface area contributed by atoms with Crippen LogP contribution in [-0.4, -0.2) is 15.9 Å². The van der Waals surface area contributed by atoms with E-state index in [2.05, 4.69) is 11.6 Å². The van der Waals surface area contributed by atoms with Crippen LogP contribution < -0.4 is 0 Å². The molecular weight excluding hydrogens is 351 g/mol. The van der Waals surface area contributed by atoms with Gasteiger partial charge in [-0.05, 0) is 12.8 Å². The van der Waals surface area contributed by atoms with Crippen LogP contribution in [0.2, 0.25) is 0 Å². The predicted octanol–water partition coefficient (Wildman–Crippen LogP) is 7.07. The Morgan fingerprint density at radius 2 is 1.08 bits per heavy atom. The molecule has 0 aromatic rings. The molecule has 1 atom stereocenters. The van der Waals surface area contributed by atoms with Gasteiger partial charge in [0.2, 0.25) is 0 Å². The van der Waals surface area contributed by atoms with Gasteiger partial charge in [0.25, 0.3) is 0 Å². The van der Waals surface area contributed by atoms with Crippen LogP contribution in [0.25, 0.3) is 0 Å². The Labute approximate surface area is 161 Å². The molecule has 0 aromatic heterocycles. The first-order valence-corrected chi connectivity index (χ1v) is 12.4. The minimum Gasteiger partial charge on any atom is -0.301 e. The zero-order chi connectivity index (χ0) is 19.5. The van der Waals surface area contributed by atoms with Gasteiger partial charge in [0, 0.05) is 0 Å². The van der Waals surface area contributed by atoms with Crippen molar-refractivity contribution >= 4 is 7.82 Å². The van der Waals surface area contributed by atoms with Crippen molar-refractivity contribution in [3.05, 3.63) is 0 Å². The van der Waals surface area contributed by atoms with Gasteiger partial charge in [-0.25, -0.2) is 9.45 Å². The summed E-state index contributed by atoms with van der Waals surface area (Å²) in [4.78, 5) is 22.1. The SMILES string of the molecule is CCCCCCCCCCCCCCCCCC(CC)OOP(=O)(O)O. The molecule has 0 bridgehead atoms. The molecule has 6 heteroatoms. The summed E-state index contributed by atoms with van der Waals surface area (Å²) in [6.07, 6.45) is 21.2. The predicted molar refractivity (Wildman–Crippen MR) is 108 cm³/mol. The maximum absolute atomic E-state index is 10.6. The van der Waals surface area contributed by atoms with Crippen LogP contribution in [0.15, 0.2) is 0 Å². The Balaban J connectivity index is 3.26. The molecule has 2 N–H and O–H groups in total. The molecule has 0 heterocycles. The number of hydrogen-bond acceptors (Lipinski definition) is 3. The molecule has 0 saturated heterocycles. The molecule has 26 heavy (non-hydrogen) atoms. The third-order valence-electron chi connectivity index (χ3n) is 4.86. The van der Waals surface area contributed by atoms with Crippen LogP contribution in [0, 0.1) is 0 Å². The monoisotopic (exact) mass is 394 g/mol. The molecule has 0 saturated carbocycles. The Morgan fingerprint density at radius 3 is 1.42 bits per heavy atom. The molecule has 0 aliphatic carbocycles. The third-order valence-corrected chi connectivity index (χ3v) is 5.14. The van der Waals surface area contributed by atoms with Crippen molar-refractivity contribution in [1.82, 2.24) is 0 Å². The van der Waals surface area contributed by atoms with Gasteiger partial charge in [0.05, 0.1) is 6.10 Å². The smallest absolute Gasteiger partial charge is 0.301 e. The first kappa shape index (κ1) is 26.1. The maximum Gasteiger partial charge on any atom is 0.496 e. The van der Waals surface area contributed by atoms with Gasteiger partial charge >= 0.3 is 7.82 Å². The molecule has 0 fully saturated rings. The van der Waals surface area contributed by atoms with Crippen LogP contribution in [0.5, 0.6) is 0 Å². The highest BCUT2D eigenvalue weighted by Gasteiger charge is 2.18. The first-order chi connectivity index (χ1) is 12.5. The molecule has 0 rings (SSSR count). The lowest BCUT2D eigenvalue weighted by atomic mass is 10.0. The number of rotatable bonds is 20. The van der Waals surface area contributed by atoms with E-state index in [0.717, 1.165) is 19.3 Å². The van der Waals surface area contributed by atoms with E-state index in [1.165, 1.54) is 83.5 Å². The third kappa shape index (κ3) is 20.4. The zero-order valence-electron chi connectivity index (χ0n) is 17.2. The summed E-state index contributed by atoms with van der Waals surface area (Å²) in [5.41, 5.74) is 0. The molecule has 0 aliphatic heterocycles. The van der Waals surface area contributed by atoms with Crippen molar-refractivity contribution in [3.63, 3.8) is 0 Å². The Kier molecular flexibility index (Phi) is 18.5. The lowest BCUT2D eigenvalue weighted by Gasteiger charge is -2.14. The van der Waals surface area contributed by atoms with E-state index < -0.39 is 7.82 Å². The summed E-state index contributed by atoms with van der Waals surface area (Å²) >= 11 is 0. The van der Waals surface area contributed by atoms with Gasteiger partial charge in [-0.1, -0.05) is 110 Å². The van der Waals surface area contributed by atoms with E-state index in [0.29, 0.717) is 6.42 Å². The number of unbranched alkanes of at least 4 members (excludes halogenated alkanes) is 14. The molecule has 158 valence electrons. The summed E-state index contributed by atoms with van der Waals surface area (Å²) in [6, 6.07) is 0. The highest BCUT2D eigenvalue weighted by atomic mass is 31.2. The van der Waals surface area contributed by atoms with Gasteiger partial charge in [-0.15, -0.1) is 4.67 Å². The van der Waals surface area contributed by atoms with E-state index in [-0.39, 0.29) is 6.10 Å². The summed E-state index contributed by atoms with van der Waals surface area (Å²) in [5.74, 6) is 0. The average Bonchev–Trinajstić information content (AvgIpc) is 2.60. The molecule has 5 nitrogen and oxygen atoms in total. The van der Waals surface area contributed by atoms with E-state index in [9.17, 15) is 4.57 Å². The first-order valence-electron chi connectivity index (χ1n) is 10.9. The molecule has 0 radical (unpaired) electrons. The highest BCUT2D eigenvalue weighted by molar-refractivity contribution is 7.46. The minimum absolute atomic E-state index is 0.232. The van der Waals surface area contributed by atoms with Crippen LogP contribution in [0.4, 0.5) is 0 Å². The van der Waals surface area contributed by atoms with Crippen molar-refractivity contribution in [2.45, 2.75) is 129 Å². The zero-order valence-corrected chi connectivity index (χ0v) is 18.1. The van der Waals surface area contributed by atoms with Crippen molar-refractivity contribution in [2.75, 3.05) is 0 Å². The quantitative estimate of drug-likeness (QED) is 0.0999. The second-order valence-electron chi connectivity index (χ2n) is 7.43. The standard InChI is InChI=1S/C20H43O5P/c1-3-5-6-7-8-9-10-11-12-13-14-15-16-17-18-19-20(4-2)24-25-26(21,22)23/h20H,3-19H2,1-2H3,(H2,21,22,23). The molecule has 1 unspecified atom stereocenters. The van der Waals surface area contributed by atoms with Crippen LogP contribution in [-0.2, 0) is 14.1 Å². The second-order valence-corrected chi connectivity index (χ2v) is 8.56. The molecule has 0 amide bonds. The fourth-order valence-electron chi connectivity index (χ4n) is 3.18. The Hall–Kier alpha value is 0.0700. The van der Waals surface area contributed by atoms with E-state index >= 15 is 0 Å². The van der Waals surface area contributed by atoms with Gasteiger partial charge in [-0.3, -0.25) is 0 Å². The van der Waals surface area contributed by atoms with Crippen LogP contribution >= 0.6 is 7.82 Å². The lowest BCUT2D eigenvalue weighted by molar-refractivity contribution is -0.260. The van der Waals surface area contributed by atoms with E-state index in [4.69, 9.17) is 14.7 Å². The molecular formula is C20H43O5P. The highest BCUT2D eigenvalue weighted by Crippen LogP contribution is 2.37. The van der Waals surface area contributed by atoms with Gasteiger partial charge in [-0.2, -0.15) is 0 Å². The van der Waals surface area contributed by atoms with Crippen molar-refractivity contribution < 1.29 is 23.9 Å². The molecule has 0 aromatic carbocycles.